The van der Waals surface area contributed by atoms with Crippen LogP contribution in [0, 0.1) is 0 Å². The highest BCUT2D eigenvalue weighted by atomic mass is 35.5. The first-order chi connectivity index (χ1) is 7.50. The smallest absolute Gasteiger partial charge is 0.248 e. The van der Waals surface area contributed by atoms with Crippen LogP contribution in [0.2, 0.25) is 0 Å². The van der Waals surface area contributed by atoms with E-state index in [1.54, 1.807) is 24.3 Å². The van der Waals surface area contributed by atoms with Gasteiger partial charge in [-0.15, -0.1) is 0 Å². The number of Topliss-reactive ketones (excluding diaryl/α,β-unsaturated/α-hetero) is 1. The molecule has 1 aromatic carbocycles. The van der Waals surface area contributed by atoms with Gasteiger partial charge in [-0.25, -0.2) is 0 Å². The van der Waals surface area contributed by atoms with Gasteiger partial charge in [-0.2, -0.15) is 5.10 Å². The highest BCUT2D eigenvalue weighted by Gasteiger charge is 2.01. The summed E-state index contributed by atoms with van der Waals surface area (Å²) in [7, 11) is 0. The summed E-state index contributed by atoms with van der Waals surface area (Å²) in [6.45, 7) is 1.31. The lowest BCUT2D eigenvalue weighted by Gasteiger charge is -2.01. The normalized spacial score (nSPS) is 11.0. The molecule has 0 aliphatic heterocycles. The molecule has 1 rings (SSSR count). The van der Waals surface area contributed by atoms with Gasteiger partial charge in [0.1, 0.15) is 0 Å². The maximum atomic E-state index is 10.8. The minimum absolute atomic E-state index is 0.140. The third kappa shape index (κ3) is 3.36. The Balaban J connectivity index is 2.73. The lowest BCUT2D eigenvalue weighted by atomic mass is 10.2. The van der Waals surface area contributed by atoms with Crippen molar-refractivity contribution in [2.75, 3.05) is 5.43 Å². The van der Waals surface area contributed by atoms with E-state index in [4.69, 9.17) is 17.3 Å². The third-order valence-corrected chi connectivity index (χ3v) is 2.09. The second kappa shape index (κ2) is 5.27. The number of ketones is 1. The van der Waals surface area contributed by atoms with Crippen molar-refractivity contribution in [1.82, 2.24) is 0 Å². The molecule has 0 bridgehead atoms. The minimum Gasteiger partial charge on any atom is -0.366 e. The topological polar surface area (TPSA) is 84.6 Å². The summed E-state index contributed by atoms with van der Waals surface area (Å²) in [4.78, 5) is 21.5. The summed E-state index contributed by atoms with van der Waals surface area (Å²) in [6.07, 6.45) is 0. The van der Waals surface area contributed by atoms with Crippen LogP contribution in [0.25, 0.3) is 0 Å². The summed E-state index contributed by atoms with van der Waals surface area (Å²) in [5.41, 5.74) is 8.64. The number of primary amides is 1. The van der Waals surface area contributed by atoms with Crippen molar-refractivity contribution in [1.29, 1.82) is 0 Å². The molecule has 0 aromatic heterocycles. The van der Waals surface area contributed by atoms with Crippen LogP contribution in [0.4, 0.5) is 5.69 Å². The summed E-state index contributed by atoms with van der Waals surface area (Å²) >= 11 is 5.51. The van der Waals surface area contributed by atoms with Crippen molar-refractivity contribution in [3.63, 3.8) is 0 Å². The number of hydrazone groups is 1. The Kier molecular flexibility index (Phi) is 4.02. The maximum Gasteiger partial charge on any atom is 0.248 e. The molecule has 0 aliphatic rings. The molecule has 0 radical (unpaired) electrons. The lowest BCUT2D eigenvalue weighted by molar-refractivity contribution is -0.110. The van der Waals surface area contributed by atoms with Gasteiger partial charge in [-0.3, -0.25) is 15.0 Å². The Morgan fingerprint density at radius 3 is 2.31 bits per heavy atom. The average molecular weight is 240 g/mol. The fourth-order valence-electron chi connectivity index (χ4n) is 0.901. The monoisotopic (exact) mass is 239 g/mol. The molecule has 6 heteroatoms. The average Bonchev–Trinajstić information content (AvgIpc) is 2.26. The molecule has 3 N–H and O–H groups in total. The van der Waals surface area contributed by atoms with Crippen LogP contribution in [0.3, 0.4) is 0 Å². The molecule has 0 atom stereocenters. The van der Waals surface area contributed by atoms with Gasteiger partial charge in [-0.1, -0.05) is 11.6 Å². The Bertz CT molecular complexity index is 440. The van der Waals surface area contributed by atoms with Gasteiger partial charge in [0.15, 0.2) is 11.0 Å². The van der Waals surface area contributed by atoms with Crippen LogP contribution in [0.1, 0.15) is 17.3 Å². The molecule has 0 heterocycles. The summed E-state index contributed by atoms with van der Waals surface area (Å²) < 4.78 is 0. The van der Waals surface area contributed by atoms with Crippen LogP contribution in [-0.2, 0) is 4.79 Å². The number of amides is 1. The molecule has 1 amide bonds. The molecule has 0 fully saturated rings. The van der Waals surface area contributed by atoms with Gasteiger partial charge in [0.25, 0.3) is 0 Å². The van der Waals surface area contributed by atoms with Crippen LogP contribution in [0.5, 0.6) is 0 Å². The predicted octanol–water partition coefficient (Wildman–Crippen LogP) is 1.34. The molecular weight excluding hydrogens is 230 g/mol. The van der Waals surface area contributed by atoms with Crippen LogP contribution >= 0.6 is 11.6 Å². The van der Waals surface area contributed by atoms with Crippen molar-refractivity contribution < 1.29 is 9.59 Å². The number of benzene rings is 1. The summed E-state index contributed by atoms with van der Waals surface area (Å²) in [5, 5.41) is 3.49. The Morgan fingerprint density at radius 2 is 1.88 bits per heavy atom. The van der Waals surface area contributed by atoms with E-state index in [0.29, 0.717) is 11.3 Å². The number of halogens is 1. The minimum atomic E-state index is -0.503. The molecule has 1 aromatic rings. The summed E-state index contributed by atoms with van der Waals surface area (Å²) in [6, 6.07) is 6.30. The maximum absolute atomic E-state index is 10.8. The zero-order valence-corrected chi connectivity index (χ0v) is 9.28. The van der Waals surface area contributed by atoms with E-state index in [-0.39, 0.29) is 11.0 Å². The van der Waals surface area contributed by atoms with E-state index in [1.165, 1.54) is 6.92 Å². The van der Waals surface area contributed by atoms with Crippen molar-refractivity contribution in [3.8, 4) is 0 Å². The van der Waals surface area contributed by atoms with Crippen molar-refractivity contribution in [3.05, 3.63) is 29.8 Å². The first-order valence-electron chi connectivity index (χ1n) is 4.40. The van der Waals surface area contributed by atoms with Crippen LogP contribution in [0.15, 0.2) is 29.4 Å². The number of hydrogen-bond acceptors (Lipinski definition) is 4. The molecule has 0 aliphatic carbocycles. The number of carbonyl (C=O) groups excluding carboxylic acids is 2. The van der Waals surface area contributed by atoms with E-state index in [0.717, 1.165) is 0 Å². The summed E-state index contributed by atoms with van der Waals surface area (Å²) in [5.74, 6) is -0.834. The number of anilines is 1. The standard InChI is InChI=1S/C10H10ClN3O2/c1-6(15)9(11)14-13-8-4-2-7(3-5-8)10(12)16/h2-5,13H,1H3,(H2,12,16). The van der Waals surface area contributed by atoms with E-state index < -0.39 is 5.91 Å². The van der Waals surface area contributed by atoms with E-state index in [2.05, 4.69) is 10.5 Å². The first-order valence-corrected chi connectivity index (χ1v) is 4.78. The molecule has 0 spiro atoms. The Labute approximate surface area is 97.3 Å². The lowest BCUT2D eigenvalue weighted by Crippen LogP contribution is -2.10. The Morgan fingerprint density at radius 1 is 1.31 bits per heavy atom. The predicted molar refractivity (Wildman–Crippen MR) is 62.6 cm³/mol. The highest BCUT2D eigenvalue weighted by Crippen LogP contribution is 2.09. The van der Waals surface area contributed by atoms with Gasteiger partial charge in [0.05, 0.1) is 5.69 Å². The molecule has 0 saturated heterocycles. The second-order valence-corrected chi connectivity index (χ2v) is 3.37. The molecule has 84 valence electrons. The van der Waals surface area contributed by atoms with Crippen molar-refractivity contribution in [2.45, 2.75) is 6.92 Å². The largest absolute Gasteiger partial charge is 0.366 e. The van der Waals surface area contributed by atoms with E-state index in [1.807, 2.05) is 0 Å². The van der Waals surface area contributed by atoms with Crippen LogP contribution < -0.4 is 11.2 Å². The van der Waals surface area contributed by atoms with Gasteiger partial charge in [0.2, 0.25) is 5.91 Å². The molecule has 0 saturated carbocycles. The van der Waals surface area contributed by atoms with Gasteiger partial charge < -0.3 is 5.73 Å². The quantitative estimate of drug-likeness (QED) is 0.614. The highest BCUT2D eigenvalue weighted by molar-refractivity contribution is 6.82. The second-order valence-electron chi connectivity index (χ2n) is 3.01. The number of nitrogens with zero attached hydrogens (tertiary/aromatic N) is 1. The SMILES string of the molecule is CC(=O)C(Cl)=NNc1ccc(C(N)=O)cc1. The van der Waals surface area contributed by atoms with Gasteiger partial charge >= 0.3 is 0 Å². The van der Waals surface area contributed by atoms with Gasteiger partial charge in [-0.05, 0) is 24.3 Å². The number of hydrogen-bond donors (Lipinski definition) is 2. The molecule has 0 unspecified atom stereocenters. The fourth-order valence-corrected chi connectivity index (χ4v) is 0.944. The number of nitrogens with two attached hydrogens (primary N) is 1. The van der Waals surface area contributed by atoms with E-state index >= 15 is 0 Å². The third-order valence-electron chi connectivity index (χ3n) is 1.74. The van der Waals surface area contributed by atoms with E-state index in [9.17, 15) is 9.59 Å². The first kappa shape index (κ1) is 12.2. The number of nitrogens with one attached hydrogen (secondary N) is 1. The van der Waals surface area contributed by atoms with Crippen LogP contribution in [-0.4, -0.2) is 16.9 Å². The van der Waals surface area contributed by atoms with Crippen molar-refractivity contribution in [2.24, 2.45) is 10.8 Å². The molecule has 16 heavy (non-hydrogen) atoms. The van der Waals surface area contributed by atoms with Crippen molar-refractivity contribution >= 4 is 34.1 Å². The molecule has 5 nitrogen and oxygen atoms in total. The number of rotatable bonds is 4. The van der Waals surface area contributed by atoms with Gasteiger partial charge in [0, 0.05) is 12.5 Å². The zero-order valence-electron chi connectivity index (χ0n) is 8.53. The number of carbonyl (C=O) groups is 2. The molecular formula is C10H10ClN3O2. The fraction of sp³-hybridized carbons (Fsp3) is 0.100. The Hall–Kier alpha value is -1.88. The zero-order chi connectivity index (χ0) is 12.1.